The van der Waals surface area contributed by atoms with Gasteiger partial charge in [0.1, 0.15) is 29.8 Å². The van der Waals surface area contributed by atoms with Crippen molar-refractivity contribution in [3.63, 3.8) is 0 Å². The van der Waals surface area contributed by atoms with Crippen LogP contribution in [0.25, 0.3) is 17.0 Å². The van der Waals surface area contributed by atoms with Crippen LogP contribution >= 0.6 is 0 Å². The zero-order valence-electron chi connectivity index (χ0n) is 35.4. The van der Waals surface area contributed by atoms with Crippen LogP contribution in [-0.4, -0.2) is 88.0 Å². The van der Waals surface area contributed by atoms with E-state index in [0.717, 1.165) is 29.1 Å². The van der Waals surface area contributed by atoms with Crippen LogP contribution in [0.15, 0.2) is 91.1 Å². The number of nitrogens with two attached hydrogens (primary N) is 1. The fraction of sp³-hybridized carbons (Fsp3) is 0.356. The molecule has 0 aliphatic heterocycles. The maximum Gasteiger partial charge on any atom is 0.416 e. The number of para-hydroxylation sites is 1. The smallest absolute Gasteiger partial charge is 0.416 e. The number of nitrogens with one attached hydrogen (secondary N) is 6. The second kappa shape index (κ2) is 22.8. The number of rotatable bonds is 21. The molecular formula is C45H52F3N7O9. The minimum Gasteiger partial charge on any atom is -0.481 e. The molecule has 0 unspecified atom stereocenters. The van der Waals surface area contributed by atoms with Gasteiger partial charge in [-0.05, 0) is 81.0 Å². The van der Waals surface area contributed by atoms with E-state index in [-0.39, 0.29) is 38.6 Å². The van der Waals surface area contributed by atoms with E-state index in [0.29, 0.717) is 16.7 Å². The number of fused-ring (bicyclic) bond motifs is 1. The van der Waals surface area contributed by atoms with E-state index in [2.05, 4.69) is 31.6 Å². The number of ether oxygens (including phenoxy) is 1. The summed E-state index contributed by atoms with van der Waals surface area (Å²) in [7, 11) is 0. The van der Waals surface area contributed by atoms with Crippen molar-refractivity contribution in [2.45, 2.75) is 95.2 Å². The Morgan fingerprint density at radius 3 is 2.00 bits per heavy atom. The number of hydrogen-bond acceptors (Lipinski definition) is 8. The molecule has 4 aromatic rings. The molecular weight excluding hydrogens is 840 g/mol. The molecule has 0 saturated carbocycles. The van der Waals surface area contributed by atoms with Crippen molar-refractivity contribution in [3.05, 3.63) is 113 Å². The predicted molar refractivity (Wildman–Crippen MR) is 230 cm³/mol. The van der Waals surface area contributed by atoms with Gasteiger partial charge in [0.15, 0.2) is 0 Å². The van der Waals surface area contributed by atoms with Gasteiger partial charge in [0.05, 0.1) is 12.0 Å². The van der Waals surface area contributed by atoms with E-state index in [4.69, 9.17) is 10.5 Å². The molecule has 0 radical (unpaired) electrons. The summed E-state index contributed by atoms with van der Waals surface area (Å²) in [5.41, 5.74) is 6.20. The Balaban J connectivity index is 1.52. The number of unbranched alkanes of at least 4 members (excludes halogenated alkanes) is 1. The summed E-state index contributed by atoms with van der Waals surface area (Å²) in [4.78, 5) is 94.6. The van der Waals surface area contributed by atoms with E-state index < -0.39 is 89.5 Å². The summed E-state index contributed by atoms with van der Waals surface area (Å²) in [5, 5.41) is 23.1. The molecule has 16 nitrogen and oxygen atoms in total. The fourth-order valence-corrected chi connectivity index (χ4v) is 6.42. The van der Waals surface area contributed by atoms with Crippen molar-refractivity contribution in [2.75, 3.05) is 6.54 Å². The number of primary amides is 1. The number of alkyl halides is 3. The zero-order chi connectivity index (χ0) is 47.0. The number of H-pyrrole nitrogens is 1. The molecule has 0 bridgehead atoms. The van der Waals surface area contributed by atoms with Crippen molar-refractivity contribution >= 4 is 58.6 Å². The number of amides is 6. The number of carbonyl (C=O) groups is 7. The van der Waals surface area contributed by atoms with Gasteiger partial charge in [0.2, 0.25) is 29.5 Å². The molecule has 1 aromatic heterocycles. The fourth-order valence-electron chi connectivity index (χ4n) is 6.42. The first-order valence-corrected chi connectivity index (χ1v) is 20.3. The van der Waals surface area contributed by atoms with Crippen LogP contribution in [-0.2, 0) is 52.5 Å². The van der Waals surface area contributed by atoms with Crippen molar-refractivity contribution in [1.29, 1.82) is 0 Å². The van der Waals surface area contributed by atoms with Gasteiger partial charge in [-0.25, -0.2) is 4.79 Å². The number of benzene rings is 3. The summed E-state index contributed by atoms with van der Waals surface area (Å²) >= 11 is 0. The zero-order valence-corrected chi connectivity index (χ0v) is 35.4. The lowest BCUT2D eigenvalue weighted by Crippen LogP contribution is -2.59. The highest BCUT2D eigenvalue weighted by atomic mass is 19.4. The Morgan fingerprint density at radius 2 is 1.36 bits per heavy atom. The van der Waals surface area contributed by atoms with Gasteiger partial charge in [-0.2, -0.15) is 13.2 Å². The molecule has 64 heavy (non-hydrogen) atoms. The quantitative estimate of drug-likeness (QED) is 0.0439. The highest BCUT2D eigenvalue weighted by molar-refractivity contribution is 5.97. The van der Waals surface area contributed by atoms with E-state index >= 15 is 0 Å². The second-order valence-electron chi connectivity index (χ2n) is 15.9. The average molecular weight is 892 g/mol. The largest absolute Gasteiger partial charge is 0.481 e. The molecule has 0 aliphatic carbocycles. The first kappa shape index (κ1) is 49.5. The lowest BCUT2D eigenvalue weighted by Gasteiger charge is -2.26. The Kier molecular flexibility index (Phi) is 17.6. The molecule has 9 N–H and O–H groups in total. The van der Waals surface area contributed by atoms with Crippen LogP contribution < -0.4 is 32.3 Å². The number of hydrogen-bond donors (Lipinski definition) is 8. The summed E-state index contributed by atoms with van der Waals surface area (Å²) in [6.07, 6.45) is -1.98. The maximum absolute atomic E-state index is 14.1. The first-order chi connectivity index (χ1) is 30.2. The third kappa shape index (κ3) is 16.3. The number of aliphatic carboxylic acids is 1. The van der Waals surface area contributed by atoms with Gasteiger partial charge >= 0.3 is 18.2 Å². The molecule has 0 saturated heterocycles. The van der Waals surface area contributed by atoms with E-state index in [1.54, 1.807) is 63.4 Å². The highest BCUT2D eigenvalue weighted by Gasteiger charge is 2.33. The monoisotopic (exact) mass is 891 g/mol. The van der Waals surface area contributed by atoms with Gasteiger partial charge in [-0.1, -0.05) is 60.7 Å². The maximum atomic E-state index is 14.1. The molecule has 3 aromatic carbocycles. The van der Waals surface area contributed by atoms with Crippen LogP contribution in [0.4, 0.5) is 18.0 Å². The third-order valence-corrected chi connectivity index (χ3v) is 9.58. The van der Waals surface area contributed by atoms with Gasteiger partial charge in [-0.3, -0.25) is 28.8 Å². The number of halogens is 3. The molecule has 0 spiro atoms. The van der Waals surface area contributed by atoms with Crippen molar-refractivity contribution in [1.82, 2.24) is 31.6 Å². The topological polar surface area (TPSA) is 251 Å². The minimum absolute atomic E-state index is 0.0296. The third-order valence-electron chi connectivity index (χ3n) is 9.58. The normalized spacial score (nSPS) is 13.5. The Labute approximate surface area is 366 Å². The van der Waals surface area contributed by atoms with Crippen LogP contribution in [0, 0.1) is 0 Å². The molecule has 4 atom stereocenters. The molecule has 0 aliphatic rings. The number of aromatic nitrogens is 1. The second-order valence-corrected chi connectivity index (χ2v) is 15.9. The number of carbonyl (C=O) groups excluding carboxylic acids is 6. The van der Waals surface area contributed by atoms with Crippen LogP contribution in [0.2, 0.25) is 0 Å². The lowest BCUT2D eigenvalue weighted by atomic mass is 10.0. The molecule has 4 rings (SSSR count). The van der Waals surface area contributed by atoms with Crippen molar-refractivity contribution in [3.8, 4) is 0 Å². The predicted octanol–water partition coefficient (Wildman–Crippen LogP) is 4.28. The van der Waals surface area contributed by atoms with Gasteiger partial charge in [0.25, 0.3) is 0 Å². The van der Waals surface area contributed by atoms with Crippen molar-refractivity contribution < 1.29 is 56.6 Å². The van der Waals surface area contributed by atoms with Crippen LogP contribution in [0.1, 0.15) is 68.7 Å². The summed E-state index contributed by atoms with van der Waals surface area (Å²) in [6, 6.07) is 14.3. The summed E-state index contributed by atoms with van der Waals surface area (Å²) < 4.78 is 44.1. The molecule has 6 amide bonds. The molecule has 0 fully saturated rings. The molecule has 342 valence electrons. The van der Waals surface area contributed by atoms with Crippen LogP contribution in [0.5, 0.6) is 0 Å². The standard InChI is InChI=1S/C45H52F3N7O9/c1-44(2,3)64-43(63)55-35(24-29-26-51-32-14-8-7-13-31(29)32)41(61)52-33(15-9-10-22-50-37(56)21-18-27-16-19-30(20-17-27)45(46,47)48)40(60)54-36(25-38(57)58)42(62)53-34(39(49)59)23-28-11-5-4-6-12-28/h4-8,11-14,16-21,26,33-36,51H,9-10,15,22-25H2,1-3H3,(H2,49,59)(H,50,56)(H,52,61)(H,53,62)(H,54,60)(H,55,63)(H,57,58)/b21-18-/t33-,34-,35-,36-/m0/s1. The lowest BCUT2D eigenvalue weighted by molar-refractivity contribution is -0.141. The van der Waals surface area contributed by atoms with Crippen LogP contribution in [0.3, 0.4) is 0 Å². The van der Waals surface area contributed by atoms with E-state index in [9.17, 15) is 51.8 Å². The van der Waals surface area contributed by atoms with Gasteiger partial charge < -0.3 is 47.1 Å². The van der Waals surface area contributed by atoms with E-state index in [1.807, 2.05) is 18.2 Å². The number of carboxylic acid groups (broad SMARTS) is 1. The summed E-state index contributed by atoms with van der Waals surface area (Å²) in [5.74, 6) is -5.77. The van der Waals surface area contributed by atoms with Gasteiger partial charge in [0, 0.05) is 42.6 Å². The first-order valence-electron chi connectivity index (χ1n) is 20.3. The Hall–Kier alpha value is -7.18. The Morgan fingerprint density at radius 1 is 0.750 bits per heavy atom. The van der Waals surface area contributed by atoms with Gasteiger partial charge in [-0.15, -0.1) is 0 Å². The number of carboxylic acids is 1. The summed E-state index contributed by atoms with van der Waals surface area (Å²) in [6.45, 7) is 4.98. The van der Waals surface area contributed by atoms with Crippen molar-refractivity contribution in [2.24, 2.45) is 5.73 Å². The molecule has 19 heteroatoms. The average Bonchev–Trinajstić information content (AvgIpc) is 3.63. The molecule has 1 heterocycles. The highest BCUT2D eigenvalue weighted by Crippen LogP contribution is 2.29. The SMILES string of the molecule is CC(C)(C)OC(=O)N[C@@H](Cc1c[nH]c2ccccc12)C(=O)N[C@@H](CCCCNC(=O)/C=C\c1ccc(C(F)(F)F)cc1)C(=O)N[C@@H](CC(=O)O)C(=O)N[C@@H](Cc1ccccc1)C(N)=O. The number of aromatic amines is 1. The minimum atomic E-state index is -4.51. The number of alkyl carbamates (subject to hydrolysis) is 1. The van der Waals surface area contributed by atoms with E-state index in [1.165, 1.54) is 18.2 Å². The Bertz CT molecular complexity index is 2290.